The van der Waals surface area contributed by atoms with Crippen molar-refractivity contribution in [1.82, 2.24) is 9.78 Å². The SMILES string of the molecule is Cc1cc(CC(N)c2ccco2)n(C)n1. The maximum atomic E-state index is 6.01. The van der Waals surface area contributed by atoms with Crippen molar-refractivity contribution in [3.63, 3.8) is 0 Å². The van der Waals surface area contributed by atoms with E-state index >= 15 is 0 Å². The highest BCUT2D eigenvalue weighted by Crippen LogP contribution is 2.16. The first-order valence-electron chi connectivity index (χ1n) is 4.95. The van der Waals surface area contributed by atoms with E-state index in [-0.39, 0.29) is 6.04 Å². The zero-order valence-electron chi connectivity index (χ0n) is 8.97. The molecular weight excluding hydrogens is 190 g/mol. The van der Waals surface area contributed by atoms with Crippen LogP contribution in [0.5, 0.6) is 0 Å². The Balaban J connectivity index is 2.12. The lowest BCUT2D eigenvalue weighted by atomic mass is 10.1. The van der Waals surface area contributed by atoms with Gasteiger partial charge in [0.25, 0.3) is 0 Å². The van der Waals surface area contributed by atoms with Crippen LogP contribution in [0.2, 0.25) is 0 Å². The second kappa shape index (κ2) is 3.90. The zero-order chi connectivity index (χ0) is 10.8. The topological polar surface area (TPSA) is 57.0 Å². The molecule has 15 heavy (non-hydrogen) atoms. The van der Waals surface area contributed by atoms with Crippen molar-refractivity contribution >= 4 is 0 Å². The molecule has 0 bridgehead atoms. The van der Waals surface area contributed by atoms with E-state index < -0.39 is 0 Å². The van der Waals surface area contributed by atoms with E-state index in [1.165, 1.54) is 0 Å². The highest BCUT2D eigenvalue weighted by Gasteiger charge is 2.12. The van der Waals surface area contributed by atoms with Crippen LogP contribution in [0, 0.1) is 6.92 Å². The van der Waals surface area contributed by atoms with Crippen LogP contribution in [0.3, 0.4) is 0 Å². The minimum Gasteiger partial charge on any atom is -0.468 e. The molecule has 2 N–H and O–H groups in total. The molecule has 4 heteroatoms. The third kappa shape index (κ3) is 2.10. The largest absolute Gasteiger partial charge is 0.468 e. The lowest BCUT2D eigenvalue weighted by Gasteiger charge is -2.08. The summed E-state index contributed by atoms with van der Waals surface area (Å²) in [6.07, 6.45) is 2.38. The number of furan rings is 1. The number of nitrogens with two attached hydrogens (primary N) is 1. The van der Waals surface area contributed by atoms with Crippen LogP contribution in [-0.2, 0) is 13.5 Å². The predicted octanol–water partition coefficient (Wildman–Crippen LogP) is 1.56. The van der Waals surface area contributed by atoms with Crippen molar-refractivity contribution in [3.05, 3.63) is 41.6 Å². The lowest BCUT2D eigenvalue weighted by Crippen LogP contribution is -2.14. The van der Waals surface area contributed by atoms with Gasteiger partial charge < -0.3 is 10.2 Å². The van der Waals surface area contributed by atoms with Gasteiger partial charge in [0.2, 0.25) is 0 Å². The smallest absolute Gasteiger partial charge is 0.120 e. The van der Waals surface area contributed by atoms with E-state index in [4.69, 9.17) is 10.2 Å². The summed E-state index contributed by atoms with van der Waals surface area (Å²) in [7, 11) is 1.93. The Bertz CT molecular complexity index is 431. The Morgan fingerprint density at radius 3 is 2.93 bits per heavy atom. The van der Waals surface area contributed by atoms with E-state index in [0.717, 1.165) is 23.6 Å². The quantitative estimate of drug-likeness (QED) is 0.827. The van der Waals surface area contributed by atoms with E-state index in [1.807, 2.05) is 36.9 Å². The van der Waals surface area contributed by atoms with Gasteiger partial charge in [-0.15, -0.1) is 0 Å². The molecule has 0 amide bonds. The van der Waals surface area contributed by atoms with E-state index in [0.29, 0.717) is 0 Å². The van der Waals surface area contributed by atoms with Gasteiger partial charge in [-0.05, 0) is 25.1 Å². The standard InChI is InChI=1S/C11H15N3O/c1-8-6-9(14(2)13-8)7-10(12)11-4-3-5-15-11/h3-6,10H,7,12H2,1-2H3. The first-order chi connectivity index (χ1) is 7.16. The average molecular weight is 205 g/mol. The zero-order valence-corrected chi connectivity index (χ0v) is 8.97. The van der Waals surface area contributed by atoms with Crippen LogP contribution in [-0.4, -0.2) is 9.78 Å². The Hall–Kier alpha value is -1.55. The minimum absolute atomic E-state index is 0.102. The molecule has 2 aromatic rings. The summed E-state index contributed by atoms with van der Waals surface area (Å²) >= 11 is 0. The Morgan fingerprint density at radius 1 is 1.60 bits per heavy atom. The number of nitrogens with zero attached hydrogens (tertiary/aromatic N) is 2. The Kier molecular flexibility index (Phi) is 2.60. The van der Waals surface area contributed by atoms with Crippen molar-refractivity contribution in [1.29, 1.82) is 0 Å². The van der Waals surface area contributed by atoms with Gasteiger partial charge in [-0.2, -0.15) is 5.10 Å². The summed E-state index contributed by atoms with van der Waals surface area (Å²) in [5, 5.41) is 4.28. The molecule has 2 heterocycles. The predicted molar refractivity (Wildman–Crippen MR) is 57.3 cm³/mol. The molecule has 4 nitrogen and oxygen atoms in total. The van der Waals surface area contributed by atoms with Crippen molar-refractivity contribution in [3.8, 4) is 0 Å². The van der Waals surface area contributed by atoms with Crippen LogP contribution in [0.4, 0.5) is 0 Å². The molecule has 0 radical (unpaired) electrons. The number of aromatic nitrogens is 2. The molecule has 2 rings (SSSR count). The molecule has 0 aliphatic heterocycles. The van der Waals surface area contributed by atoms with Crippen molar-refractivity contribution in [2.45, 2.75) is 19.4 Å². The molecule has 0 aliphatic rings. The fraction of sp³-hybridized carbons (Fsp3) is 0.364. The average Bonchev–Trinajstić information content (AvgIpc) is 2.76. The summed E-state index contributed by atoms with van der Waals surface area (Å²) < 4.78 is 7.12. The summed E-state index contributed by atoms with van der Waals surface area (Å²) in [6, 6.07) is 5.69. The highest BCUT2D eigenvalue weighted by molar-refractivity contribution is 5.13. The number of hydrogen-bond donors (Lipinski definition) is 1. The minimum atomic E-state index is -0.102. The third-order valence-corrected chi connectivity index (χ3v) is 2.44. The molecule has 2 aromatic heterocycles. The fourth-order valence-electron chi connectivity index (χ4n) is 1.68. The van der Waals surface area contributed by atoms with Gasteiger partial charge in [-0.1, -0.05) is 0 Å². The van der Waals surface area contributed by atoms with Crippen LogP contribution in [0.15, 0.2) is 28.9 Å². The molecule has 0 saturated heterocycles. The molecule has 0 spiro atoms. The van der Waals surface area contributed by atoms with Gasteiger partial charge in [-0.3, -0.25) is 4.68 Å². The second-order valence-electron chi connectivity index (χ2n) is 3.73. The number of rotatable bonds is 3. The number of aryl methyl sites for hydroxylation is 2. The van der Waals surface area contributed by atoms with Crippen molar-refractivity contribution < 1.29 is 4.42 Å². The van der Waals surface area contributed by atoms with E-state index in [1.54, 1.807) is 6.26 Å². The highest BCUT2D eigenvalue weighted by atomic mass is 16.3. The molecule has 0 fully saturated rings. The maximum Gasteiger partial charge on any atom is 0.120 e. The van der Waals surface area contributed by atoms with Gasteiger partial charge in [0.1, 0.15) is 5.76 Å². The van der Waals surface area contributed by atoms with Crippen molar-refractivity contribution in [2.24, 2.45) is 12.8 Å². The summed E-state index contributed by atoms with van der Waals surface area (Å²) in [5.41, 5.74) is 8.15. The van der Waals surface area contributed by atoms with Gasteiger partial charge in [0.05, 0.1) is 18.0 Å². The Morgan fingerprint density at radius 2 is 2.40 bits per heavy atom. The maximum absolute atomic E-state index is 6.01. The molecule has 0 saturated carbocycles. The molecule has 0 aromatic carbocycles. The first kappa shape index (κ1) is 9.98. The summed E-state index contributed by atoms with van der Waals surface area (Å²) in [4.78, 5) is 0. The fourth-order valence-corrected chi connectivity index (χ4v) is 1.68. The van der Waals surface area contributed by atoms with Crippen LogP contribution >= 0.6 is 0 Å². The second-order valence-corrected chi connectivity index (χ2v) is 3.73. The van der Waals surface area contributed by atoms with Gasteiger partial charge >= 0.3 is 0 Å². The summed E-state index contributed by atoms with van der Waals surface area (Å²) in [5.74, 6) is 0.814. The first-order valence-corrected chi connectivity index (χ1v) is 4.95. The van der Waals surface area contributed by atoms with E-state index in [2.05, 4.69) is 5.10 Å². The van der Waals surface area contributed by atoms with Gasteiger partial charge in [-0.25, -0.2) is 0 Å². The molecular formula is C11H15N3O. The van der Waals surface area contributed by atoms with Crippen LogP contribution in [0.1, 0.15) is 23.2 Å². The van der Waals surface area contributed by atoms with Gasteiger partial charge in [0.15, 0.2) is 0 Å². The lowest BCUT2D eigenvalue weighted by molar-refractivity contribution is 0.459. The molecule has 80 valence electrons. The molecule has 0 aliphatic carbocycles. The Labute approximate surface area is 88.7 Å². The third-order valence-electron chi connectivity index (χ3n) is 2.44. The van der Waals surface area contributed by atoms with Crippen LogP contribution in [0.25, 0.3) is 0 Å². The summed E-state index contributed by atoms with van der Waals surface area (Å²) in [6.45, 7) is 1.97. The van der Waals surface area contributed by atoms with Crippen LogP contribution < -0.4 is 5.73 Å². The molecule has 1 unspecified atom stereocenters. The normalized spacial score (nSPS) is 13.0. The number of hydrogen-bond acceptors (Lipinski definition) is 3. The van der Waals surface area contributed by atoms with E-state index in [9.17, 15) is 0 Å². The van der Waals surface area contributed by atoms with Crippen molar-refractivity contribution in [2.75, 3.05) is 0 Å². The molecule has 1 atom stereocenters. The monoisotopic (exact) mass is 205 g/mol. The van der Waals surface area contributed by atoms with Gasteiger partial charge in [0, 0.05) is 19.2 Å².